The van der Waals surface area contributed by atoms with Crippen molar-refractivity contribution < 1.29 is 80.2 Å². The summed E-state index contributed by atoms with van der Waals surface area (Å²) in [7, 11) is -9.89. The second-order valence-corrected chi connectivity index (χ2v) is 27.1. The Morgan fingerprint density at radius 1 is 0.318 bits per heavy atom. The zero-order valence-electron chi connectivity index (χ0n) is 56.2. The Labute approximate surface area is 535 Å². The summed E-state index contributed by atoms with van der Waals surface area (Å²) in [5, 5.41) is 10.5. The number of rotatable bonds is 68. The van der Waals surface area contributed by atoms with Crippen molar-refractivity contribution in [3.63, 3.8) is 0 Å². The van der Waals surface area contributed by atoms with Gasteiger partial charge in [0.1, 0.15) is 19.3 Å². The van der Waals surface area contributed by atoms with Crippen molar-refractivity contribution in [2.75, 3.05) is 39.6 Å². The number of aliphatic hydroxyl groups excluding tert-OH is 1. The van der Waals surface area contributed by atoms with Crippen LogP contribution in [0.5, 0.6) is 0 Å². The average Bonchev–Trinajstić information content (AvgIpc) is 3.62. The van der Waals surface area contributed by atoms with E-state index in [0.717, 1.165) is 122 Å². The number of esters is 4. The Balaban J connectivity index is 5.14. The number of unbranched alkanes of at least 4 members (excludes halogenated alkanes) is 39. The van der Waals surface area contributed by atoms with Crippen molar-refractivity contribution in [1.29, 1.82) is 0 Å². The van der Waals surface area contributed by atoms with Crippen LogP contribution in [0.25, 0.3) is 0 Å². The molecule has 0 bridgehead atoms. The fourth-order valence-electron chi connectivity index (χ4n) is 9.98. The third-order valence-electron chi connectivity index (χ3n) is 15.5. The zero-order valence-corrected chi connectivity index (χ0v) is 58.0. The normalized spacial score (nSPS) is 14.2. The van der Waals surface area contributed by atoms with Gasteiger partial charge in [-0.3, -0.25) is 37.3 Å². The molecule has 0 spiro atoms. The van der Waals surface area contributed by atoms with Gasteiger partial charge in [0.25, 0.3) is 0 Å². The number of aliphatic hydroxyl groups is 1. The highest BCUT2D eigenvalue weighted by Crippen LogP contribution is 2.45. The van der Waals surface area contributed by atoms with E-state index >= 15 is 0 Å². The average molecular weight is 1290 g/mol. The van der Waals surface area contributed by atoms with Crippen LogP contribution in [-0.4, -0.2) is 96.7 Å². The van der Waals surface area contributed by atoms with E-state index in [-0.39, 0.29) is 25.7 Å². The maximum Gasteiger partial charge on any atom is 0.472 e. The monoisotopic (exact) mass is 1290 g/mol. The van der Waals surface area contributed by atoms with Crippen LogP contribution in [0.4, 0.5) is 0 Å². The molecule has 88 heavy (non-hydrogen) atoms. The van der Waals surface area contributed by atoms with Gasteiger partial charge >= 0.3 is 39.5 Å². The molecular weight excluding hydrogens is 1160 g/mol. The molecule has 0 fully saturated rings. The van der Waals surface area contributed by atoms with Crippen LogP contribution in [0.3, 0.4) is 0 Å². The van der Waals surface area contributed by atoms with Crippen molar-refractivity contribution in [1.82, 2.24) is 0 Å². The Morgan fingerprint density at radius 3 is 0.830 bits per heavy atom. The van der Waals surface area contributed by atoms with Gasteiger partial charge in [-0.05, 0) is 51.4 Å². The number of hydrogen-bond acceptors (Lipinski definition) is 15. The zero-order chi connectivity index (χ0) is 64.7. The summed E-state index contributed by atoms with van der Waals surface area (Å²) < 4.78 is 67.9. The summed E-state index contributed by atoms with van der Waals surface area (Å²) in [6.45, 7) is 4.74. The van der Waals surface area contributed by atoms with Crippen LogP contribution < -0.4 is 0 Å². The minimum Gasteiger partial charge on any atom is -0.462 e. The minimum absolute atomic E-state index is 0.102. The molecule has 2 unspecified atom stereocenters. The predicted molar refractivity (Wildman–Crippen MR) is 354 cm³/mol. The maximum atomic E-state index is 13.0. The van der Waals surface area contributed by atoms with Gasteiger partial charge in [0.2, 0.25) is 0 Å². The maximum absolute atomic E-state index is 13.0. The quantitative estimate of drug-likeness (QED) is 0.0169. The molecule has 0 aliphatic rings. The number of ether oxygens (including phenoxy) is 4. The van der Waals surface area contributed by atoms with E-state index in [1.165, 1.54) is 135 Å². The number of phosphoric acid groups is 2. The Kier molecular flexibility index (Phi) is 61.5. The topological polar surface area (TPSA) is 237 Å². The van der Waals surface area contributed by atoms with Crippen molar-refractivity contribution in [3.05, 3.63) is 24.3 Å². The molecular formula is C69H130O17P2. The van der Waals surface area contributed by atoms with Gasteiger partial charge in [0, 0.05) is 25.7 Å². The molecule has 0 aromatic carbocycles. The molecule has 0 aliphatic heterocycles. The molecule has 19 heteroatoms. The highest BCUT2D eigenvalue weighted by atomic mass is 31.2. The fraction of sp³-hybridized carbons (Fsp3) is 0.884. The number of phosphoric ester groups is 2. The van der Waals surface area contributed by atoms with Gasteiger partial charge in [-0.2, -0.15) is 0 Å². The van der Waals surface area contributed by atoms with Crippen molar-refractivity contribution >= 4 is 39.5 Å². The van der Waals surface area contributed by atoms with Crippen LogP contribution in [0.2, 0.25) is 0 Å². The summed E-state index contributed by atoms with van der Waals surface area (Å²) in [4.78, 5) is 72.0. The summed E-state index contributed by atoms with van der Waals surface area (Å²) in [5.41, 5.74) is 0. The standard InChI is InChI=1S/C69H130O17P2/c1-5-9-13-17-20-23-25-27-29-30-31-32-33-35-37-39-41-44-48-52-56-69(74)86-65(60-80-67(72)54-50-46-43-40-38-36-34-28-26-24-21-18-14-10-6-2)62-84-88(77,78)82-58-63(70)57-81-87(75,76)83-61-64(59-79-66(71)53-49-45-16-12-8-4)85-68(73)55-51-47-42-22-19-15-11-7-3/h24,26,28,34,63-65,70H,5-23,25,27,29-33,35-62H2,1-4H3,(H,75,76)(H,77,78)/b26-24-,34-28-/t63-,64+,65+/m0/s1. The van der Waals surface area contributed by atoms with Crippen LogP contribution in [0.1, 0.15) is 336 Å². The molecule has 0 amide bonds. The molecule has 17 nitrogen and oxygen atoms in total. The predicted octanol–water partition coefficient (Wildman–Crippen LogP) is 19.4. The van der Waals surface area contributed by atoms with E-state index in [1.807, 2.05) is 0 Å². The van der Waals surface area contributed by atoms with Gasteiger partial charge in [0.05, 0.1) is 26.4 Å². The molecule has 0 aromatic rings. The van der Waals surface area contributed by atoms with E-state index in [0.29, 0.717) is 25.7 Å². The fourth-order valence-corrected chi connectivity index (χ4v) is 11.6. The lowest BCUT2D eigenvalue weighted by molar-refractivity contribution is -0.161. The first-order valence-corrected chi connectivity index (χ1v) is 38.6. The van der Waals surface area contributed by atoms with E-state index in [2.05, 4.69) is 52.0 Å². The van der Waals surface area contributed by atoms with E-state index in [1.54, 1.807) is 0 Å². The van der Waals surface area contributed by atoms with E-state index in [4.69, 9.17) is 37.0 Å². The van der Waals surface area contributed by atoms with Crippen LogP contribution in [-0.2, 0) is 65.4 Å². The van der Waals surface area contributed by atoms with E-state index < -0.39 is 97.5 Å². The number of carbonyl (C=O) groups is 4. The first-order chi connectivity index (χ1) is 42.7. The van der Waals surface area contributed by atoms with Gasteiger partial charge in [-0.25, -0.2) is 9.13 Å². The number of carbonyl (C=O) groups excluding carboxylic acids is 4. The molecule has 0 rings (SSSR count). The molecule has 3 N–H and O–H groups in total. The van der Waals surface area contributed by atoms with Crippen LogP contribution in [0.15, 0.2) is 24.3 Å². The van der Waals surface area contributed by atoms with Gasteiger partial charge < -0.3 is 33.8 Å². The molecule has 518 valence electrons. The van der Waals surface area contributed by atoms with Gasteiger partial charge in [-0.15, -0.1) is 0 Å². The highest BCUT2D eigenvalue weighted by Gasteiger charge is 2.30. The molecule has 5 atom stereocenters. The van der Waals surface area contributed by atoms with Crippen molar-refractivity contribution in [2.24, 2.45) is 0 Å². The lowest BCUT2D eigenvalue weighted by atomic mass is 10.0. The number of allylic oxidation sites excluding steroid dienone is 4. The van der Waals surface area contributed by atoms with Crippen LogP contribution in [0, 0.1) is 0 Å². The summed E-state index contributed by atoms with van der Waals surface area (Å²) in [5.74, 6) is -2.17. The number of hydrogen-bond donors (Lipinski definition) is 3. The molecule has 0 heterocycles. The molecule has 0 aliphatic carbocycles. The molecule has 0 aromatic heterocycles. The lowest BCUT2D eigenvalue weighted by Gasteiger charge is -2.21. The molecule has 0 radical (unpaired) electrons. The second-order valence-electron chi connectivity index (χ2n) is 24.2. The Hall–Kier alpha value is -2.46. The third-order valence-corrected chi connectivity index (χ3v) is 17.4. The summed E-state index contributed by atoms with van der Waals surface area (Å²) in [6, 6.07) is 0. The first kappa shape index (κ1) is 85.5. The highest BCUT2D eigenvalue weighted by molar-refractivity contribution is 7.47. The van der Waals surface area contributed by atoms with E-state index in [9.17, 15) is 43.2 Å². The Morgan fingerprint density at radius 2 is 0.545 bits per heavy atom. The SMILES string of the molecule is CCCCCC/C=C\C=C/CCCCCCCC(=O)OC[C@H](COP(=O)(O)OC[C@@H](O)COP(=O)(O)OC[C@@H](COC(=O)CCCCCCC)OC(=O)CCCCCCCCCC)OC(=O)CCCCCCCCCCCCCCCCCCCCCC. The largest absolute Gasteiger partial charge is 0.472 e. The smallest absolute Gasteiger partial charge is 0.462 e. The Bertz CT molecular complexity index is 1780. The lowest BCUT2D eigenvalue weighted by Crippen LogP contribution is -2.30. The van der Waals surface area contributed by atoms with Gasteiger partial charge in [0.15, 0.2) is 12.2 Å². The summed E-state index contributed by atoms with van der Waals surface area (Å²) in [6.07, 6.45) is 54.2. The van der Waals surface area contributed by atoms with Gasteiger partial charge in [-0.1, -0.05) is 283 Å². The summed E-state index contributed by atoms with van der Waals surface area (Å²) >= 11 is 0. The minimum atomic E-state index is -4.95. The van der Waals surface area contributed by atoms with Crippen molar-refractivity contribution in [2.45, 2.75) is 354 Å². The second kappa shape index (κ2) is 63.3. The molecule has 0 saturated carbocycles. The van der Waals surface area contributed by atoms with Crippen molar-refractivity contribution in [3.8, 4) is 0 Å². The third kappa shape index (κ3) is 62.4. The van der Waals surface area contributed by atoms with Crippen LogP contribution >= 0.6 is 15.6 Å². The molecule has 0 saturated heterocycles. The first-order valence-electron chi connectivity index (χ1n) is 35.6.